The number of aliphatic hydroxyl groups is 1. The highest BCUT2D eigenvalue weighted by molar-refractivity contribution is 9.09. The molecule has 0 radical (unpaired) electrons. The van der Waals surface area contributed by atoms with Crippen molar-refractivity contribution in [1.82, 2.24) is 0 Å². The molecule has 1 N–H and O–H groups in total. The summed E-state index contributed by atoms with van der Waals surface area (Å²) in [5.74, 6) is 4.45. The molecule has 206 valence electrons. The van der Waals surface area contributed by atoms with Gasteiger partial charge in [0.2, 0.25) is 0 Å². The Labute approximate surface area is 229 Å². The molecule has 0 heterocycles. The smallest absolute Gasteiger partial charge is 0.306 e. The van der Waals surface area contributed by atoms with Crippen LogP contribution >= 0.6 is 15.9 Å². The van der Waals surface area contributed by atoms with Crippen molar-refractivity contribution in [2.45, 2.75) is 130 Å². The third kappa shape index (κ3) is 5.51. The van der Waals surface area contributed by atoms with E-state index < -0.39 is 6.10 Å². The van der Waals surface area contributed by atoms with Gasteiger partial charge in [-0.1, -0.05) is 81.5 Å². The van der Waals surface area contributed by atoms with Crippen LogP contribution in [0.3, 0.4) is 0 Å². The molecule has 0 spiro atoms. The first kappa shape index (κ1) is 28.7. The maximum absolute atomic E-state index is 12.8. The molecule has 4 rings (SSSR count). The van der Waals surface area contributed by atoms with Crippen molar-refractivity contribution in [3.05, 3.63) is 11.6 Å². The molecule has 3 fully saturated rings. The molecule has 3 saturated carbocycles. The predicted octanol–water partition coefficient (Wildman–Crippen LogP) is 8.48. The van der Waals surface area contributed by atoms with Crippen molar-refractivity contribution >= 4 is 21.9 Å². The van der Waals surface area contributed by atoms with Gasteiger partial charge >= 0.3 is 5.97 Å². The second-order valence-electron chi connectivity index (χ2n) is 13.9. The summed E-state index contributed by atoms with van der Waals surface area (Å²) < 4.78 is 6.23. The van der Waals surface area contributed by atoms with Crippen LogP contribution in [0.1, 0.15) is 118 Å². The summed E-state index contributed by atoms with van der Waals surface area (Å²) in [6, 6.07) is 0. The molecule has 3 nitrogen and oxygen atoms in total. The van der Waals surface area contributed by atoms with E-state index in [-0.39, 0.29) is 17.5 Å². The van der Waals surface area contributed by atoms with Gasteiger partial charge in [0.15, 0.2) is 0 Å². The number of unbranched alkanes of at least 4 members (excludes halogenated alkanes) is 1. The molecule has 4 aliphatic rings. The fourth-order valence-electron chi connectivity index (χ4n) is 9.45. The third-order valence-corrected chi connectivity index (χ3v) is 11.9. The predicted molar refractivity (Wildman–Crippen MR) is 152 cm³/mol. The van der Waals surface area contributed by atoms with Crippen LogP contribution in [0.4, 0.5) is 0 Å². The zero-order valence-electron chi connectivity index (χ0n) is 23.7. The quantitative estimate of drug-likeness (QED) is 0.125. The normalized spacial score (nSPS) is 40.7. The molecular formula is C32H53BrO3. The summed E-state index contributed by atoms with van der Waals surface area (Å²) in [4.78, 5) is 12.8. The summed E-state index contributed by atoms with van der Waals surface area (Å²) in [6.45, 7) is 12.3. The molecule has 4 aliphatic carbocycles. The number of allylic oxidation sites excluding steroid dienone is 1. The van der Waals surface area contributed by atoms with Gasteiger partial charge in [-0.15, -0.1) is 0 Å². The highest BCUT2D eigenvalue weighted by Gasteiger charge is 2.61. The number of rotatable bonds is 10. The highest BCUT2D eigenvalue weighted by atomic mass is 79.9. The van der Waals surface area contributed by atoms with E-state index in [1.54, 1.807) is 0 Å². The van der Waals surface area contributed by atoms with Gasteiger partial charge < -0.3 is 9.84 Å². The Hall–Kier alpha value is -0.350. The topological polar surface area (TPSA) is 46.5 Å². The Balaban J connectivity index is 1.51. The van der Waals surface area contributed by atoms with Crippen LogP contribution in [-0.2, 0) is 9.53 Å². The number of hydrogen-bond acceptors (Lipinski definition) is 3. The van der Waals surface area contributed by atoms with E-state index in [1.165, 1.54) is 50.5 Å². The molecule has 0 bridgehead atoms. The first-order valence-electron chi connectivity index (χ1n) is 15.2. The number of esters is 1. The number of fused-ring (bicyclic) bond motifs is 5. The summed E-state index contributed by atoms with van der Waals surface area (Å²) in [7, 11) is 0. The SMILES string of the molecule is CC(C)CCC[C@@H](C)[C@H]1CC[C@H]2[C@@H]3CC=C4C[C@@H](O)CC(OC(=O)CCCCBr)[C@]4(C)[C@H]3CC[C@]12C. The van der Waals surface area contributed by atoms with Gasteiger partial charge in [0, 0.05) is 23.6 Å². The maximum Gasteiger partial charge on any atom is 0.306 e. The standard InChI is InChI=1S/C32H53BrO3/c1-21(2)9-8-10-22(3)26-14-15-27-25-13-12-23-19-24(34)20-29(36-30(35)11-6-7-18-33)32(23,5)28(25)16-17-31(26,27)4/h12,21-22,24-29,34H,6-11,13-20H2,1-5H3/t22-,24-,25+,26-,27+,28+,29?,31-,32+/m1/s1. The van der Waals surface area contributed by atoms with Gasteiger partial charge in [-0.05, 0) is 92.3 Å². The van der Waals surface area contributed by atoms with Gasteiger partial charge in [0.25, 0.3) is 0 Å². The van der Waals surface area contributed by atoms with Gasteiger partial charge in [0.1, 0.15) is 6.10 Å². The largest absolute Gasteiger partial charge is 0.461 e. The molecule has 0 amide bonds. The van der Waals surface area contributed by atoms with Gasteiger partial charge in [-0.3, -0.25) is 4.79 Å². The summed E-state index contributed by atoms with van der Waals surface area (Å²) in [6.07, 6.45) is 16.2. The van der Waals surface area contributed by atoms with Gasteiger partial charge in [0.05, 0.1) is 6.10 Å². The van der Waals surface area contributed by atoms with Crippen molar-refractivity contribution in [1.29, 1.82) is 0 Å². The zero-order chi connectivity index (χ0) is 26.1. The Morgan fingerprint density at radius 2 is 1.89 bits per heavy atom. The molecule has 0 aromatic rings. The first-order valence-corrected chi connectivity index (χ1v) is 16.4. The Bertz CT molecular complexity index is 792. The lowest BCUT2D eigenvalue weighted by molar-refractivity contribution is -0.169. The molecule has 4 heteroatoms. The van der Waals surface area contributed by atoms with Crippen LogP contribution in [-0.4, -0.2) is 28.6 Å². The lowest BCUT2D eigenvalue weighted by atomic mass is 9.46. The molecule has 1 unspecified atom stereocenters. The number of aliphatic hydroxyl groups excluding tert-OH is 1. The minimum absolute atomic E-state index is 0.0745. The molecular weight excluding hydrogens is 512 g/mol. The maximum atomic E-state index is 12.8. The fraction of sp³-hybridized carbons (Fsp3) is 0.906. The van der Waals surface area contributed by atoms with E-state index in [1.807, 2.05) is 0 Å². The first-order chi connectivity index (χ1) is 17.1. The van der Waals surface area contributed by atoms with E-state index in [9.17, 15) is 9.90 Å². The van der Waals surface area contributed by atoms with Crippen LogP contribution in [0.25, 0.3) is 0 Å². The second kappa shape index (κ2) is 11.8. The molecule has 9 atom stereocenters. The number of carbonyl (C=O) groups excluding carboxylic acids is 1. The van der Waals surface area contributed by atoms with Crippen molar-refractivity contribution in [3.63, 3.8) is 0 Å². The monoisotopic (exact) mass is 564 g/mol. The molecule has 0 aromatic heterocycles. The van der Waals surface area contributed by atoms with Gasteiger partial charge in [-0.2, -0.15) is 0 Å². The zero-order valence-corrected chi connectivity index (χ0v) is 25.3. The summed E-state index contributed by atoms with van der Waals surface area (Å²) >= 11 is 3.46. The molecule has 0 aliphatic heterocycles. The summed E-state index contributed by atoms with van der Waals surface area (Å²) in [5.41, 5.74) is 1.71. The minimum Gasteiger partial charge on any atom is -0.461 e. The Morgan fingerprint density at radius 3 is 2.61 bits per heavy atom. The number of ether oxygens (including phenoxy) is 1. The minimum atomic E-state index is -0.391. The number of hydrogen-bond donors (Lipinski definition) is 1. The fourth-order valence-corrected chi connectivity index (χ4v) is 9.85. The number of alkyl halides is 1. The lowest BCUT2D eigenvalue weighted by Crippen LogP contribution is -2.56. The highest BCUT2D eigenvalue weighted by Crippen LogP contribution is 2.67. The molecule has 0 saturated heterocycles. The van der Waals surface area contributed by atoms with Crippen molar-refractivity contribution in [2.75, 3.05) is 5.33 Å². The van der Waals surface area contributed by atoms with E-state index in [2.05, 4.69) is 56.6 Å². The van der Waals surface area contributed by atoms with Crippen molar-refractivity contribution in [2.24, 2.45) is 46.3 Å². The third-order valence-electron chi connectivity index (χ3n) is 11.4. The Morgan fingerprint density at radius 1 is 1.11 bits per heavy atom. The van der Waals surface area contributed by atoms with Crippen molar-refractivity contribution in [3.8, 4) is 0 Å². The van der Waals surface area contributed by atoms with Crippen LogP contribution in [0.5, 0.6) is 0 Å². The van der Waals surface area contributed by atoms with E-state index in [0.29, 0.717) is 30.1 Å². The number of carbonyl (C=O) groups is 1. The average Bonchev–Trinajstić information content (AvgIpc) is 3.17. The van der Waals surface area contributed by atoms with Gasteiger partial charge in [-0.25, -0.2) is 0 Å². The van der Waals surface area contributed by atoms with Crippen molar-refractivity contribution < 1.29 is 14.6 Å². The van der Waals surface area contributed by atoms with Crippen LogP contribution in [0.2, 0.25) is 0 Å². The van der Waals surface area contributed by atoms with E-state index >= 15 is 0 Å². The van der Waals surface area contributed by atoms with E-state index in [0.717, 1.165) is 54.7 Å². The van der Waals surface area contributed by atoms with Crippen LogP contribution < -0.4 is 0 Å². The Kier molecular flexibility index (Phi) is 9.40. The molecule has 0 aromatic carbocycles. The number of halogens is 1. The van der Waals surface area contributed by atoms with Crippen LogP contribution in [0.15, 0.2) is 11.6 Å². The second-order valence-corrected chi connectivity index (χ2v) is 14.7. The molecule has 36 heavy (non-hydrogen) atoms. The lowest BCUT2D eigenvalue weighted by Gasteiger charge is -2.60. The average molecular weight is 566 g/mol. The van der Waals surface area contributed by atoms with E-state index in [4.69, 9.17) is 4.74 Å². The summed E-state index contributed by atoms with van der Waals surface area (Å²) in [5, 5.41) is 11.6. The van der Waals surface area contributed by atoms with Crippen LogP contribution in [0, 0.1) is 46.3 Å².